The van der Waals surface area contributed by atoms with Crippen LogP contribution in [0.3, 0.4) is 0 Å². The summed E-state index contributed by atoms with van der Waals surface area (Å²) in [6, 6.07) is 0. The van der Waals surface area contributed by atoms with Crippen LogP contribution in [0.1, 0.15) is 200 Å². The predicted octanol–water partition coefficient (Wildman–Crippen LogP) is 11.2. The van der Waals surface area contributed by atoms with Crippen molar-refractivity contribution in [2.24, 2.45) is 0 Å². The first-order valence-corrected chi connectivity index (χ1v) is 20.4. The number of rotatable bonds is 33. The summed E-state index contributed by atoms with van der Waals surface area (Å²) in [5.41, 5.74) is -2.34. The van der Waals surface area contributed by atoms with Crippen LogP contribution in [0.2, 0.25) is 0 Å². The topological polar surface area (TPSA) is 91.7 Å². The molecule has 0 saturated heterocycles. The molecule has 0 radical (unpaired) electrons. The van der Waals surface area contributed by atoms with E-state index in [1.165, 1.54) is 122 Å². The Bertz CT molecular complexity index is 674. The highest BCUT2D eigenvalue weighted by Crippen LogP contribution is 2.41. The van der Waals surface area contributed by atoms with E-state index in [0.29, 0.717) is 12.8 Å². The van der Waals surface area contributed by atoms with Crippen LogP contribution in [0, 0.1) is 0 Å². The molecule has 0 fully saturated rings. The van der Waals surface area contributed by atoms with Crippen molar-refractivity contribution < 1.29 is 24.4 Å². The molecule has 5 nitrogen and oxygen atoms in total. The van der Waals surface area contributed by atoms with Gasteiger partial charge in [-0.1, -0.05) is 179 Å². The van der Waals surface area contributed by atoms with E-state index in [9.17, 15) is 24.4 Å². The Morgan fingerprint density at radius 3 is 1.17 bits per heavy atom. The molecule has 0 bridgehead atoms. The van der Waals surface area contributed by atoms with E-state index in [2.05, 4.69) is 13.8 Å². The Balaban J connectivity index is 4.10. The number of aliphatic hydroxyl groups is 2. The summed E-state index contributed by atoms with van der Waals surface area (Å²) in [6.45, 7) is 4.49. The van der Waals surface area contributed by atoms with Crippen LogP contribution in [0.15, 0.2) is 0 Å². The van der Waals surface area contributed by atoms with Crippen molar-refractivity contribution in [3.05, 3.63) is 0 Å². The van der Waals surface area contributed by atoms with Crippen molar-refractivity contribution in [1.82, 2.24) is 0 Å². The second kappa shape index (κ2) is 29.5. The molecule has 2 N–H and O–H groups in total. The summed E-state index contributed by atoms with van der Waals surface area (Å²) >= 11 is 5.63. The smallest absolute Gasteiger partial charge is 0.188 e. The molecule has 250 valence electrons. The highest BCUT2D eigenvalue weighted by Gasteiger charge is 2.46. The minimum absolute atomic E-state index is 0.0589. The van der Waals surface area contributed by atoms with Gasteiger partial charge in [0.05, 0.1) is 0 Å². The average Bonchev–Trinajstić information content (AvgIpc) is 2.97. The lowest BCUT2D eigenvalue weighted by atomic mass is 9.88. The van der Waals surface area contributed by atoms with E-state index < -0.39 is 30.8 Å². The van der Waals surface area contributed by atoms with Crippen LogP contribution in [-0.4, -0.2) is 33.2 Å². The third kappa shape index (κ3) is 23.2. The van der Waals surface area contributed by atoms with Gasteiger partial charge in [0.2, 0.25) is 0 Å². The molecule has 42 heavy (non-hydrogen) atoms. The van der Waals surface area contributed by atoms with Crippen LogP contribution in [-0.2, 0) is 14.2 Å². The van der Waals surface area contributed by atoms with Crippen molar-refractivity contribution in [2.45, 2.75) is 211 Å². The van der Waals surface area contributed by atoms with Gasteiger partial charge in [-0.3, -0.25) is 9.59 Å². The lowest BCUT2D eigenvalue weighted by Crippen LogP contribution is -2.49. The van der Waals surface area contributed by atoms with Crippen molar-refractivity contribution >= 4 is 30.0 Å². The second-order valence-corrected chi connectivity index (χ2v) is 15.0. The highest BCUT2D eigenvalue weighted by molar-refractivity contribution is 7.74. The summed E-state index contributed by atoms with van der Waals surface area (Å²) in [6.07, 6.45) is 30.9. The summed E-state index contributed by atoms with van der Waals surface area (Å²) < 4.78 is 11.8. The third-order valence-corrected chi connectivity index (χ3v) is 10.2. The molecule has 0 aliphatic rings. The van der Waals surface area contributed by atoms with Crippen LogP contribution < -0.4 is 0 Å². The van der Waals surface area contributed by atoms with E-state index in [4.69, 9.17) is 11.2 Å². The van der Waals surface area contributed by atoms with Gasteiger partial charge >= 0.3 is 0 Å². The minimum Gasteiger partial charge on any atom is -0.381 e. The van der Waals surface area contributed by atoms with Crippen molar-refractivity contribution in [2.75, 3.05) is 0 Å². The molecule has 0 saturated carbocycles. The molecule has 0 spiro atoms. The van der Waals surface area contributed by atoms with Crippen LogP contribution >= 0.6 is 18.4 Å². The van der Waals surface area contributed by atoms with E-state index in [1.54, 1.807) is 0 Å². The quantitative estimate of drug-likeness (QED) is 0.0553. The van der Waals surface area contributed by atoms with E-state index >= 15 is 0 Å². The first-order valence-electron chi connectivity index (χ1n) is 17.9. The standard InChI is InChI=1S/C35H68ClO5P/c1-3-5-7-9-11-13-15-17-19-21-23-25-27-29-32(37)31-35(40,34(39)42(36)41)33(38)30-28-26-24-22-20-18-16-14-12-10-8-6-4-2/h34,39-40,42H,3-31H2,1-2H3. The number of halogens is 1. The number of aliphatic hydroxyl groups excluding tert-OH is 1. The molecule has 0 aliphatic heterocycles. The summed E-state index contributed by atoms with van der Waals surface area (Å²) in [5.74, 6) is -2.79. The minimum atomic E-state index is -3.11. The van der Waals surface area contributed by atoms with Crippen LogP contribution in [0.4, 0.5) is 0 Å². The van der Waals surface area contributed by atoms with Gasteiger partial charge in [-0.15, -0.1) is 0 Å². The van der Waals surface area contributed by atoms with Gasteiger partial charge in [-0.2, -0.15) is 0 Å². The molecule has 0 aromatic carbocycles. The lowest BCUT2D eigenvalue weighted by molar-refractivity contribution is -0.150. The number of carbonyl (C=O) groups excluding carboxylic acids is 2. The monoisotopic (exact) mass is 634 g/mol. The largest absolute Gasteiger partial charge is 0.381 e. The molecule has 7 heteroatoms. The molecule has 3 unspecified atom stereocenters. The van der Waals surface area contributed by atoms with Crippen molar-refractivity contribution in [3.8, 4) is 0 Å². The Hall–Kier alpha value is -0.220. The Labute approximate surface area is 265 Å². The number of carbonyl (C=O) groups is 2. The van der Waals surface area contributed by atoms with Gasteiger partial charge < -0.3 is 14.8 Å². The lowest BCUT2D eigenvalue weighted by Gasteiger charge is -2.29. The Kier molecular flexibility index (Phi) is 29.3. The molecule has 0 rings (SSSR count). The molecule has 0 amide bonds. The molecule has 0 aromatic rings. The van der Waals surface area contributed by atoms with Gasteiger partial charge in [0, 0.05) is 19.3 Å². The van der Waals surface area contributed by atoms with Gasteiger partial charge in [0.25, 0.3) is 0 Å². The van der Waals surface area contributed by atoms with Crippen molar-refractivity contribution in [3.63, 3.8) is 0 Å². The fourth-order valence-corrected chi connectivity index (χ4v) is 6.96. The van der Waals surface area contributed by atoms with Gasteiger partial charge in [0.15, 0.2) is 24.4 Å². The van der Waals surface area contributed by atoms with Crippen LogP contribution in [0.25, 0.3) is 0 Å². The van der Waals surface area contributed by atoms with Gasteiger partial charge in [-0.05, 0) is 12.8 Å². The summed E-state index contributed by atoms with van der Waals surface area (Å²) in [5, 5.41) is 21.3. The molecular weight excluding hydrogens is 567 g/mol. The fraction of sp³-hybridized carbons (Fsp3) is 0.943. The fourth-order valence-electron chi connectivity index (χ4n) is 5.78. The zero-order valence-corrected chi connectivity index (χ0v) is 29.3. The van der Waals surface area contributed by atoms with E-state index in [-0.39, 0.29) is 18.6 Å². The normalized spacial score (nSPS) is 14.5. The number of hydrogen-bond acceptors (Lipinski definition) is 5. The SMILES string of the molecule is CCCCCCCCCCCCCCCC(=O)CC(O)(C(=O)CCCCCCCCCCCCCCC)C(O)[PH](=O)Cl. The Morgan fingerprint density at radius 1 is 0.571 bits per heavy atom. The molecule has 0 aromatic heterocycles. The Morgan fingerprint density at radius 2 is 0.857 bits per heavy atom. The third-order valence-electron chi connectivity index (χ3n) is 8.68. The highest BCUT2D eigenvalue weighted by atomic mass is 35.7. The van der Waals surface area contributed by atoms with Crippen molar-refractivity contribution in [1.29, 1.82) is 0 Å². The summed E-state index contributed by atoms with van der Waals surface area (Å²) in [4.78, 5) is 25.5. The number of unbranched alkanes of at least 4 members (excludes halogenated alkanes) is 24. The second-order valence-electron chi connectivity index (χ2n) is 12.8. The zero-order chi connectivity index (χ0) is 31.3. The van der Waals surface area contributed by atoms with E-state index in [1.807, 2.05) is 0 Å². The van der Waals surface area contributed by atoms with E-state index in [0.717, 1.165) is 32.1 Å². The first kappa shape index (κ1) is 41.8. The summed E-state index contributed by atoms with van der Waals surface area (Å²) in [7, 11) is -3.11. The predicted molar refractivity (Wildman–Crippen MR) is 181 cm³/mol. The number of ketones is 2. The van der Waals surface area contributed by atoms with Gasteiger partial charge in [0.1, 0.15) is 5.78 Å². The maximum atomic E-state index is 12.9. The first-order chi connectivity index (χ1) is 20.3. The molecule has 0 heterocycles. The average molecular weight is 635 g/mol. The van der Waals surface area contributed by atoms with Crippen LogP contribution in [0.5, 0.6) is 0 Å². The maximum absolute atomic E-state index is 12.9. The van der Waals surface area contributed by atoms with Gasteiger partial charge in [-0.25, -0.2) is 0 Å². The maximum Gasteiger partial charge on any atom is 0.188 e. The number of hydrogen-bond donors (Lipinski definition) is 2. The number of Topliss-reactive ketones (excluding diaryl/α,β-unsaturated/α-hetero) is 2. The molecule has 0 aliphatic carbocycles. The molecular formula is C35H68ClO5P. The molecule has 3 atom stereocenters. The zero-order valence-electron chi connectivity index (χ0n) is 27.6.